The first-order chi connectivity index (χ1) is 4.75. The number of nitrogens with zero attached hydrogens (tertiary/aromatic N) is 1. The van der Waals surface area contributed by atoms with Crippen LogP contribution in [0, 0.1) is 19.3 Å². The van der Waals surface area contributed by atoms with Gasteiger partial charge in [0.05, 0.1) is 16.1 Å². The van der Waals surface area contributed by atoms with E-state index in [4.69, 9.17) is 12.2 Å². The van der Waals surface area contributed by atoms with Crippen molar-refractivity contribution in [2.24, 2.45) is 5.73 Å². The Morgan fingerprint density at radius 1 is 1.90 bits per heavy atom. The molecule has 1 heterocycles. The first-order valence-electron chi connectivity index (χ1n) is 2.87. The summed E-state index contributed by atoms with van der Waals surface area (Å²) >= 11 is 1.50. The van der Waals surface area contributed by atoms with E-state index in [0.717, 1.165) is 10.6 Å². The van der Waals surface area contributed by atoms with Crippen molar-refractivity contribution in [2.75, 3.05) is 0 Å². The third-order valence-electron chi connectivity index (χ3n) is 1.24. The van der Waals surface area contributed by atoms with E-state index < -0.39 is 0 Å². The first kappa shape index (κ1) is 7.26. The summed E-state index contributed by atoms with van der Waals surface area (Å²) < 4.78 is 0. The van der Waals surface area contributed by atoms with Gasteiger partial charge in [0.1, 0.15) is 6.04 Å². The van der Waals surface area contributed by atoms with Gasteiger partial charge < -0.3 is 5.73 Å². The predicted octanol–water partition coefficient (Wildman–Crippen LogP) is 1.08. The van der Waals surface area contributed by atoms with Gasteiger partial charge in [0.2, 0.25) is 0 Å². The number of terminal acetylenes is 1. The third kappa shape index (κ3) is 1.18. The largest absolute Gasteiger partial charge is 0.313 e. The van der Waals surface area contributed by atoms with Crippen LogP contribution in [0.3, 0.4) is 0 Å². The van der Waals surface area contributed by atoms with Gasteiger partial charge in [0.15, 0.2) is 0 Å². The molecule has 1 rings (SSSR count). The summed E-state index contributed by atoms with van der Waals surface area (Å²) in [6.07, 6.45) is 5.14. The summed E-state index contributed by atoms with van der Waals surface area (Å²) in [7, 11) is 0. The third-order valence-corrected chi connectivity index (χ3v) is 2.26. The van der Waals surface area contributed by atoms with Crippen LogP contribution in [0.25, 0.3) is 0 Å². The van der Waals surface area contributed by atoms with Crippen LogP contribution in [0.4, 0.5) is 0 Å². The summed E-state index contributed by atoms with van der Waals surface area (Å²) in [4.78, 5) is 5.02. The number of aryl methyl sites for hydroxylation is 1. The highest BCUT2D eigenvalue weighted by atomic mass is 32.1. The average molecular weight is 152 g/mol. The Hall–Kier alpha value is -0.850. The van der Waals surface area contributed by atoms with Gasteiger partial charge in [-0.1, -0.05) is 5.92 Å². The zero-order chi connectivity index (χ0) is 7.56. The van der Waals surface area contributed by atoms with Crippen molar-refractivity contribution in [1.29, 1.82) is 0 Å². The zero-order valence-electron chi connectivity index (χ0n) is 5.66. The van der Waals surface area contributed by atoms with Crippen molar-refractivity contribution >= 4 is 11.3 Å². The summed E-state index contributed by atoms with van der Waals surface area (Å²) in [5, 5.41) is 0. The number of rotatable bonds is 1. The van der Waals surface area contributed by atoms with Crippen LogP contribution in [0.1, 0.15) is 16.6 Å². The summed E-state index contributed by atoms with van der Waals surface area (Å²) in [5.41, 5.74) is 8.27. The Morgan fingerprint density at radius 3 is 3.00 bits per heavy atom. The topological polar surface area (TPSA) is 38.9 Å². The van der Waals surface area contributed by atoms with Crippen LogP contribution in [-0.4, -0.2) is 4.98 Å². The van der Waals surface area contributed by atoms with Crippen molar-refractivity contribution in [3.05, 3.63) is 16.1 Å². The molecule has 1 atom stereocenters. The van der Waals surface area contributed by atoms with Crippen LogP contribution < -0.4 is 5.73 Å². The molecule has 0 saturated carbocycles. The van der Waals surface area contributed by atoms with E-state index in [1.54, 1.807) is 5.51 Å². The molecule has 1 aromatic heterocycles. The van der Waals surface area contributed by atoms with Crippen molar-refractivity contribution in [1.82, 2.24) is 4.98 Å². The molecule has 0 aliphatic carbocycles. The molecule has 1 aromatic rings. The number of nitrogens with two attached hydrogens (primary N) is 1. The maximum Gasteiger partial charge on any atom is 0.103 e. The quantitative estimate of drug-likeness (QED) is 0.612. The molecule has 0 bridgehead atoms. The molecule has 10 heavy (non-hydrogen) atoms. The SMILES string of the molecule is C#CC(N)c1scnc1C. The lowest BCUT2D eigenvalue weighted by molar-refractivity contribution is 0.950. The minimum absolute atomic E-state index is 0.285. The van der Waals surface area contributed by atoms with Crippen LogP contribution in [0.5, 0.6) is 0 Å². The normalized spacial score (nSPS) is 12.5. The van der Waals surface area contributed by atoms with Crippen molar-refractivity contribution in [2.45, 2.75) is 13.0 Å². The van der Waals surface area contributed by atoms with E-state index >= 15 is 0 Å². The lowest BCUT2D eigenvalue weighted by Gasteiger charge is -1.98. The molecule has 0 aliphatic rings. The minimum atomic E-state index is -0.285. The fourth-order valence-corrected chi connectivity index (χ4v) is 1.45. The second kappa shape index (κ2) is 2.82. The summed E-state index contributed by atoms with van der Waals surface area (Å²) in [6.45, 7) is 1.91. The highest BCUT2D eigenvalue weighted by Crippen LogP contribution is 2.18. The summed E-state index contributed by atoms with van der Waals surface area (Å²) in [5.74, 6) is 2.46. The van der Waals surface area contributed by atoms with Gasteiger partial charge in [-0.2, -0.15) is 0 Å². The molecule has 0 spiro atoms. The van der Waals surface area contributed by atoms with Gasteiger partial charge >= 0.3 is 0 Å². The minimum Gasteiger partial charge on any atom is -0.313 e. The molecule has 0 aliphatic heterocycles. The number of hydrogen-bond acceptors (Lipinski definition) is 3. The van der Waals surface area contributed by atoms with Crippen LogP contribution >= 0.6 is 11.3 Å². The van der Waals surface area contributed by atoms with E-state index in [1.807, 2.05) is 6.92 Å². The lowest BCUT2D eigenvalue weighted by atomic mass is 10.2. The molecule has 1 unspecified atom stereocenters. The molecule has 0 saturated heterocycles. The Labute approximate surface area is 64.1 Å². The fourth-order valence-electron chi connectivity index (χ4n) is 0.685. The Balaban J connectivity index is 2.96. The van der Waals surface area contributed by atoms with Gasteiger partial charge in [-0.15, -0.1) is 17.8 Å². The molecule has 2 nitrogen and oxygen atoms in total. The maximum absolute atomic E-state index is 5.57. The maximum atomic E-state index is 5.57. The fraction of sp³-hybridized carbons (Fsp3) is 0.286. The molecular formula is C7H8N2S. The highest BCUT2D eigenvalue weighted by Gasteiger charge is 2.06. The smallest absolute Gasteiger partial charge is 0.103 e. The van der Waals surface area contributed by atoms with E-state index in [1.165, 1.54) is 11.3 Å². The Bertz CT molecular complexity index is 259. The summed E-state index contributed by atoms with van der Waals surface area (Å²) in [6, 6.07) is -0.285. The van der Waals surface area contributed by atoms with Crippen molar-refractivity contribution in [3.8, 4) is 12.3 Å². The van der Waals surface area contributed by atoms with Gasteiger partial charge in [0, 0.05) is 0 Å². The van der Waals surface area contributed by atoms with Crippen LogP contribution in [-0.2, 0) is 0 Å². The van der Waals surface area contributed by atoms with Gasteiger partial charge in [-0.05, 0) is 6.92 Å². The van der Waals surface area contributed by atoms with E-state index in [0.29, 0.717) is 0 Å². The monoisotopic (exact) mass is 152 g/mol. The van der Waals surface area contributed by atoms with Gasteiger partial charge in [-0.3, -0.25) is 0 Å². The molecule has 0 fully saturated rings. The van der Waals surface area contributed by atoms with Crippen molar-refractivity contribution in [3.63, 3.8) is 0 Å². The zero-order valence-corrected chi connectivity index (χ0v) is 6.48. The number of thiazole rings is 1. The molecule has 3 heteroatoms. The van der Waals surface area contributed by atoms with Crippen LogP contribution in [0.2, 0.25) is 0 Å². The molecule has 0 radical (unpaired) electrons. The van der Waals surface area contributed by atoms with E-state index in [2.05, 4.69) is 10.9 Å². The predicted molar refractivity (Wildman–Crippen MR) is 42.6 cm³/mol. The number of hydrogen-bond donors (Lipinski definition) is 1. The van der Waals surface area contributed by atoms with E-state index in [-0.39, 0.29) is 6.04 Å². The van der Waals surface area contributed by atoms with Gasteiger partial charge in [-0.25, -0.2) is 4.98 Å². The standard InChI is InChI=1S/C7H8N2S/c1-3-6(8)7-5(2)9-4-10-7/h1,4,6H,8H2,2H3. The van der Waals surface area contributed by atoms with E-state index in [9.17, 15) is 0 Å². The number of aromatic nitrogens is 1. The van der Waals surface area contributed by atoms with Gasteiger partial charge in [0.25, 0.3) is 0 Å². The Morgan fingerprint density at radius 2 is 2.60 bits per heavy atom. The second-order valence-corrected chi connectivity index (χ2v) is 2.83. The average Bonchev–Trinajstić information content (AvgIpc) is 2.34. The second-order valence-electron chi connectivity index (χ2n) is 1.95. The molecule has 52 valence electrons. The molecule has 0 aromatic carbocycles. The lowest BCUT2D eigenvalue weighted by Crippen LogP contribution is -2.06. The first-order valence-corrected chi connectivity index (χ1v) is 3.75. The molecule has 2 N–H and O–H groups in total. The Kier molecular flexibility index (Phi) is 2.05. The highest BCUT2D eigenvalue weighted by molar-refractivity contribution is 7.09. The van der Waals surface area contributed by atoms with Crippen LogP contribution in [0.15, 0.2) is 5.51 Å². The molecule has 0 amide bonds. The van der Waals surface area contributed by atoms with Crippen molar-refractivity contribution < 1.29 is 0 Å². The molecular weight excluding hydrogens is 144 g/mol.